The molecular weight excluding hydrogens is 295 g/mol. The van der Waals surface area contributed by atoms with Crippen LogP contribution in [0.4, 0.5) is 0 Å². The smallest absolute Gasteiger partial charge is 0.227 e. The summed E-state index contributed by atoms with van der Waals surface area (Å²) in [6.45, 7) is 3.85. The molecule has 1 saturated carbocycles. The van der Waals surface area contributed by atoms with Crippen LogP contribution in [-0.2, 0) is 4.79 Å². The van der Waals surface area contributed by atoms with E-state index in [0.29, 0.717) is 10.0 Å². The van der Waals surface area contributed by atoms with Gasteiger partial charge in [0.05, 0.1) is 11.5 Å². The molecule has 2 rings (SSSR count). The summed E-state index contributed by atoms with van der Waals surface area (Å²) in [5.41, 5.74) is 6.46. The summed E-state index contributed by atoms with van der Waals surface area (Å²) in [7, 11) is 0. The van der Waals surface area contributed by atoms with Gasteiger partial charge in [0.15, 0.2) is 0 Å². The van der Waals surface area contributed by atoms with Gasteiger partial charge < -0.3 is 11.1 Å². The summed E-state index contributed by atoms with van der Waals surface area (Å²) < 4.78 is 0. The monoisotopic (exact) mass is 314 g/mol. The molecule has 1 amide bonds. The minimum absolute atomic E-state index is 0.000941. The second kappa shape index (κ2) is 5.92. The van der Waals surface area contributed by atoms with Gasteiger partial charge in [0.25, 0.3) is 0 Å². The topological polar surface area (TPSA) is 55.1 Å². The first kappa shape index (κ1) is 15.6. The van der Waals surface area contributed by atoms with Crippen LogP contribution in [0, 0.1) is 5.41 Å². The first-order valence-corrected chi connectivity index (χ1v) is 7.61. The minimum atomic E-state index is -0.479. The van der Waals surface area contributed by atoms with E-state index in [1.807, 2.05) is 19.9 Å². The Kier molecular flexibility index (Phi) is 4.62. The second-order valence-electron chi connectivity index (χ2n) is 5.78. The zero-order valence-electron chi connectivity index (χ0n) is 11.7. The van der Waals surface area contributed by atoms with Crippen LogP contribution in [-0.4, -0.2) is 11.9 Å². The molecule has 5 heteroatoms. The van der Waals surface area contributed by atoms with Gasteiger partial charge in [-0.3, -0.25) is 4.79 Å². The summed E-state index contributed by atoms with van der Waals surface area (Å²) in [5, 5.41) is 4.17. The molecule has 0 spiro atoms. The summed E-state index contributed by atoms with van der Waals surface area (Å²) in [6, 6.07) is 5.05. The Morgan fingerprint density at radius 3 is 2.75 bits per heavy atom. The predicted octanol–water partition coefficient (Wildman–Crippen LogP) is 3.69. The van der Waals surface area contributed by atoms with Crippen LogP contribution < -0.4 is 11.1 Å². The van der Waals surface area contributed by atoms with Gasteiger partial charge in [-0.15, -0.1) is 0 Å². The zero-order valence-corrected chi connectivity index (χ0v) is 13.3. The Labute approximate surface area is 129 Å². The molecule has 3 unspecified atom stereocenters. The molecule has 0 bridgehead atoms. The van der Waals surface area contributed by atoms with Crippen molar-refractivity contribution in [3.63, 3.8) is 0 Å². The van der Waals surface area contributed by atoms with Crippen LogP contribution in [0.5, 0.6) is 0 Å². The maximum absolute atomic E-state index is 12.5. The number of amides is 1. The lowest BCUT2D eigenvalue weighted by Crippen LogP contribution is -2.47. The van der Waals surface area contributed by atoms with Gasteiger partial charge in [-0.2, -0.15) is 0 Å². The first-order valence-electron chi connectivity index (χ1n) is 6.86. The Hall–Kier alpha value is -0.770. The molecule has 3 N–H and O–H groups in total. The molecule has 1 fully saturated rings. The molecule has 0 aromatic heterocycles. The maximum atomic E-state index is 12.5. The molecule has 20 heavy (non-hydrogen) atoms. The van der Waals surface area contributed by atoms with E-state index in [1.165, 1.54) is 0 Å². The van der Waals surface area contributed by atoms with E-state index in [2.05, 4.69) is 5.32 Å². The SMILES string of the molecule is CC(NC(=O)C1(C)CCCC1N)c1ccc(Cl)cc1Cl. The Balaban J connectivity index is 2.11. The van der Waals surface area contributed by atoms with Gasteiger partial charge >= 0.3 is 0 Å². The summed E-state index contributed by atoms with van der Waals surface area (Å²) in [5.74, 6) is 0.000941. The Morgan fingerprint density at radius 2 is 2.20 bits per heavy atom. The van der Waals surface area contributed by atoms with Gasteiger partial charge in [-0.25, -0.2) is 0 Å². The average Bonchev–Trinajstić information content (AvgIpc) is 2.70. The number of halogens is 2. The third-order valence-corrected chi connectivity index (χ3v) is 4.89. The highest BCUT2D eigenvalue weighted by Gasteiger charge is 2.43. The fourth-order valence-corrected chi connectivity index (χ4v) is 3.34. The third kappa shape index (κ3) is 2.95. The van der Waals surface area contributed by atoms with Gasteiger partial charge in [0, 0.05) is 16.1 Å². The number of hydrogen-bond donors (Lipinski definition) is 2. The average molecular weight is 315 g/mol. The highest BCUT2D eigenvalue weighted by Crippen LogP contribution is 2.37. The lowest BCUT2D eigenvalue weighted by molar-refractivity contribution is -0.131. The number of carbonyl (C=O) groups is 1. The number of hydrogen-bond acceptors (Lipinski definition) is 2. The van der Waals surface area contributed by atoms with E-state index in [4.69, 9.17) is 28.9 Å². The van der Waals surface area contributed by atoms with Crippen LogP contribution in [0.15, 0.2) is 18.2 Å². The van der Waals surface area contributed by atoms with Crippen molar-refractivity contribution in [1.82, 2.24) is 5.32 Å². The second-order valence-corrected chi connectivity index (χ2v) is 6.62. The van der Waals surface area contributed by atoms with E-state index in [0.717, 1.165) is 24.8 Å². The first-order chi connectivity index (χ1) is 9.34. The molecular formula is C15H20Cl2N2O. The molecule has 0 radical (unpaired) electrons. The van der Waals surface area contributed by atoms with Gasteiger partial charge in [0.2, 0.25) is 5.91 Å². The lowest BCUT2D eigenvalue weighted by Gasteiger charge is -2.29. The van der Waals surface area contributed by atoms with Crippen molar-refractivity contribution in [3.05, 3.63) is 33.8 Å². The van der Waals surface area contributed by atoms with Crippen molar-refractivity contribution < 1.29 is 4.79 Å². The van der Waals surface area contributed by atoms with Crippen LogP contribution in [0.3, 0.4) is 0 Å². The minimum Gasteiger partial charge on any atom is -0.349 e. The van der Waals surface area contributed by atoms with Crippen molar-refractivity contribution in [3.8, 4) is 0 Å². The molecule has 110 valence electrons. The highest BCUT2D eigenvalue weighted by molar-refractivity contribution is 6.35. The quantitative estimate of drug-likeness (QED) is 0.894. The van der Waals surface area contributed by atoms with Gasteiger partial charge in [0.1, 0.15) is 0 Å². The van der Waals surface area contributed by atoms with Gasteiger partial charge in [-0.05, 0) is 44.4 Å². The standard InChI is InChI=1S/C15H20Cl2N2O/c1-9(11-6-5-10(16)8-12(11)17)19-14(20)15(2)7-3-4-13(15)18/h5-6,8-9,13H,3-4,7,18H2,1-2H3,(H,19,20). The molecule has 0 saturated heterocycles. The fourth-order valence-electron chi connectivity index (χ4n) is 2.77. The lowest BCUT2D eigenvalue weighted by atomic mass is 9.84. The van der Waals surface area contributed by atoms with E-state index >= 15 is 0 Å². The molecule has 1 aromatic rings. The van der Waals surface area contributed by atoms with Gasteiger partial charge in [-0.1, -0.05) is 35.7 Å². The maximum Gasteiger partial charge on any atom is 0.227 e. The Bertz CT molecular complexity index is 521. The van der Waals surface area contributed by atoms with Crippen LogP contribution in [0.2, 0.25) is 10.0 Å². The molecule has 1 aliphatic rings. The van der Waals surface area contributed by atoms with E-state index < -0.39 is 5.41 Å². The van der Waals surface area contributed by atoms with E-state index in [9.17, 15) is 4.79 Å². The third-order valence-electron chi connectivity index (χ3n) is 4.32. The normalized spacial score (nSPS) is 27.4. The fraction of sp³-hybridized carbons (Fsp3) is 0.533. The summed E-state index contributed by atoms with van der Waals surface area (Å²) in [6.07, 6.45) is 2.74. The van der Waals surface area contributed by atoms with Crippen molar-refractivity contribution in [2.24, 2.45) is 11.1 Å². The molecule has 1 aliphatic carbocycles. The molecule has 3 atom stereocenters. The highest BCUT2D eigenvalue weighted by atomic mass is 35.5. The summed E-state index contributed by atoms with van der Waals surface area (Å²) in [4.78, 5) is 12.5. The molecule has 0 aliphatic heterocycles. The van der Waals surface area contributed by atoms with Crippen molar-refractivity contribution in [2.75, 3.05) is 0 Å². The summed E-state index contributed by atoms with van der Waals surface area (Å²) >= 11 is 12.1. The molecule has 0 heterocycles. The van der Waals surface area contributed by atoms with Crippen LogP contribution in [0.25, 0.3) is 0 Å². The number of carbonyl (C=O) groups excluding carboxylic acids is 1. The van der Waals surface area contributed by atoms with Crippen LogP contribution in [0.1, 0.15) is 44.7 Å². The molecule has 3 nitrogen and oxygen atoms in total. The van der Waals surface area contributed by atoms with Crippen molar-refractivity contribution >= 4 is 29.1 Å². The zero-order chi connectivity index (χ0) is 14.9. The number of benzene rings is 1. The Morgan fingerprint density at radius 1 is 1.50 bits per heavy atom. The predicted molar refractivity (Wildman–Crippen MR) is 83.0 cm³/mol. The number of rotatable bonds is 3. The largest absolute Gasteiger partial charge is 0.349 e. The van der Waals surface area contributed by atoms with Crippen molar-refractivity contribution in [2.45, 2.75) is 45.2 Å². The van der Waals surface area contributed by atoms with E-state index in [1.54, 1.807) is 12.1 Å². The number of nitrogens with two attached hydrogens (primary N) is 1. The van der Waals surface area contributed by atoms with Crippen molar-refractivity contribution in [1.29, 1.82) is 0 Å². The van der Waals surface area contributed by atoms with E-state index in [-0.39, 0.29) is 18.0 Å². The van der Waals surface area contributed by atoms with Crippen LogP contribution >= 0.6 is 23.2 Å². The molecule has 1 aromatic carbocycles. The number of nitrogens with one attached hydrogen (secondary N) is 1.